The summed E-state index contributed by atoms with van der Waals surface area (Å²) in [6.45, 7) is 3.07. The smallest absolute Gasteiger partial charge is 0.227 e. The van der Waals surface area contributed by atoms with Crippen LogP contribution in [0.25, 0.3) is 0 Å². The van der Waals surface area contributed by atoms with Gasteiger partial charge >= 0.3 is 0 Å². The Morgan fingerprint density at radius 3 is 2.63 bits per heavy atom. The Hall–Kier alpha value is -1.55. The van der Waals surface area contributed by atoms with Gasteiger partial charge in [0.2, 0.25) is 11.1 Å². The van der Waals surface area contributed by atoms with Crippen molar-refractivity contribution in [2.24, 2.45) is 5.92 Å². The fourth-order valence-corrected chi connectivity index (χ4v) is 2.20. The minimum Gasteiger partial charge on any atom is -0.494 e. The molecule has 1 aromatic carbocycles. The Bertz CT molecular complexity index is 472. The van der Waals surface area contributed by atoms with Crippen LogP contribution in [0.5, 0.6) is 5.75 Å². The lowest BCUT2D eigenvalue weighted by atomic mass is 10.1. The van der Waals surface area contributed by atoms with Crippen LogP contribution in [0, 0.1) is 5.92 Å². The Labute approximate surface area is 117 Å². The molecule has 2 rings (SSSR count). The molecule has 0 N–H and O–H groups in total. The maximum Gasteiger partial charge on any atom is 0.227 e. The standard InChI is InChI=1S/C14H16ClNO3/c1-2-7-19-12-5-3-11(4-6-12)16-9-10(14(15)18)8-13(16)17/h3-6,10H,2,7-9H2,1H3/t10-/m1/s1. The molecule has 0 unspecified atom stereocenters. The SMILES string of the molecule is CCCOc1ccc(N2C[C@H](C(=O)Cl)CC2=O)cc1. The van der Waals surface area contributed by atoms with E-state index in [1.54, 1.807) is 4.90 Å². The van der Waals surface area contributed by atoms with Crippen LogP contribution in [0.15, 0.2) is 24.3 Å². The van der Waals surface area contributed by atoms with Gasteiger partial charge in [-0.05, 0) is 42.3 Å². The van der Waals surface area contributed by atoms with Crippen LogP contribution in [-0.4, -0.2) is 24.3 Å². The van der Waals surface area contributed by atoms with E-state index in [0.29, 0.717) is 13.2 Å². The Balaban J connectivity index is 2.06. The average molecular weight is 282 g/mol. The lowest BCUT2D eigenvalue weighted by Gasteiger charge is -2.16. The third-order valence-electron chi connectivity index (χ3n) is 3.07. The van der Waals surface area contributed by atoms with Gasteiger partial charge in [0.25, 0.3) is 0 Å². The van der Waals surface area contributed by atoms with Gasteiger partial charge in [-0.1, -0.05) is 6.92 Å². The molecule has 0 spiro atoms. The van der Waals surface area contributed by atoms with Gasteiger partial charge in [0, 0.05) is 18.7 Å². The number of ether oxygens (including phenoxy) is 1. The van der Waals surface area contributed by atoms with Crippen LogP contribution in [0.3, 0.4) is 0 Å². The first kappa shape index (κ1) is 13.9. The predicted molar refractivity (Wildman–Crippen MR) is 73.5 cm³/mol. The van der Waals surface area contributed by atoms with Crippen LogP contribution < -0.4 is 9.64 Å². The van der Waals surface area contributed by atoms with Crippen molar-refractivity contribution in [3.8, 4) is 5.75 Å². The van der Waals surface area contributed by atoms with Crippen LogP contribution in [0.4, 0.5) is 5.69 Å². The predicted octanol–water partition coefficient (Wildman–Crippen LogP) is 2.59. The second-order valence-electron chi connectivity index (χ2n) is 4.55. The summed E-state index contributed by atoms with van der Waals surface area (Å²) in [5, 5.41) is -0.446. The molecule has 1 amide bonds. The molecule has 0 aromatic heterocycles. The fraction of sp³-hybridized carbons (Fsp3) is 0.429. The fourth-order valence-electron chi connectivity index (χ4n) is 2.05. The lowest BCUT2D eigenvalue weighted by molar-refractivity contribution is -0.120. The number of anilines is 1. The van der Waals surface area contributed by atoms with Crippen molar-refractivity contribution >= 4 is 28.4 Å². The number of halogens is 1. The molecule has 4 nitrogen and oxygen atoms in total. The molecule has 0 bridgehead atoms. The van der Waals surface area contributed by atoms with E-state index >= 15 is 0 Å². The zero-order chi connectivity index (χ0) is 13.8. The van der Waals surface area contributed by atoms with Gasteiger partial charge in [0.1, 0.15) is 5.75 Å². The maximum atomic E-state index is 11.8. The van der Waals surface area contributed by atoms with Crippen molar-refractivity contribution in [3.05, 3.63) is 24.3 Å². The molecule has 0 radical (unpaired) electrons. The van der Waals surface area contributed by atoms with E-state index in [4.69, 9.17) is 16.3 Å². The molecule has 19 heavy (non-hydrogen) atoms. The number of amides is 1. The highest BCUT2D eigenvalue weighted by molar-refractivity contribution is 6.64. The van der Waals surface area contributed by atoms with Crippen molar-refractivity contribution in [3.63, 3.8) is 0 Å². The van der Waals surface area contributed by atoms with Crippen molar-refractivity contribution in [2.75, 3.05) is 18.1 Å². The monoisotopic (exact) mass is 281 g/mol. The molecule has 1 aliphatic heterocycles. The van der Waals surface area contributed by atoms with Crippen molar-refractivity contribution in [2.45, 2.75) is 19.8 Å². The molecule has 102 valence electrons. The first-order valence-corrected chi connectivity index (χ1v) is 6.72. The van der Waals surface area contributed by atoms with E-state index in [2.05, 4.69) is 0 Å². The maximum absolute atomic E-state index is 11.8. The highest BCUT2D eigenvalue weighted by Crippen LogP contribution is 2.27. The second-order valence-corrected chi connectivity index (χ2v) is 4.92. The van der Waals surface area contributed by atoms with Crippen LogP contribution in [-0.2, 0) is 9.59 Å². The molecule has 1 atom stereocenters. The zero-order valence-electron chi connectivity index (χ0n) is 10.8. The van der Waals surface area contributed by atoms with Crippen molar-refractivity contribution in [1.29, 1.82) is 0 Å². The summed E-state index contributed by atoms with van der Waals surface area (Å²) in [5.74, 6) is 0.314. The third kappa shape index (κ3) is 3.26. The third-order valence-corrected chi connectivity index (χ3v) is 3.38. The molecule has 0 saturated carbocycles. The number of carbonyl (C=O) groups excluding carboxylic acids is 2. The highest BCUT2D eigenvalue weighted by atomic mass is 35.5. The topological polar surface area (TPSA) is 46.6 Å². The van der Waals surface area contributed by atoms with Gasteiger partial charge < -0.3 is 9.64 Å². The number of carbonyl (C=O) groups is 2. The summed E-state index contributed by atoms with van der Waals surface area (Å²) >= 11 is 5.45. The van der Waals surface area contributed by atoms with Crippen molar-refractivity contribution in [1.82, 2.24) is 0 Å². The van der Waals surface area contributed by atoms with E-state index in [0.717, 1.165) is 17.9 Å². The number of nitrogens with zero attached hydrogens (tertiary/aromatic N) is 1. The number of benzene rings is 1. The largest absolute Gasteiger partial charge is 0.494 e. The molecule has 1 aromatic rings. The molecule has 1 fully saturated rings. The lowest BCUT2D eigenvalue weighted by Crippen LogP contribution is -2.25. The van der Waals surface area contributed by atoms with E-state index in [1.807, 2.05) is 31.2 Å². The van der Waals surface area contributed by atoms with Crippen LogP contribution in [0.1, 0.15) is 19.8 Å². The van der Waals surface area contributed by atoms with Crippen molar-refractivity contribution < 1.29 is 14.3 Å². The molecule has 0 aliphatic carbocycles. The summed E-state index contributed by atoms with van der Waals surface area (Å²) in [7, 11) is 0. The second kappa shape index (κ2) is 6.06. The molecule has 1 aliphatic rings. The average Bonchev–Trinajstić information content (AvgIpc) is 2.79. The number of hydrogen-bond acceptors (Lipinski definition) is 3. The van der Waals surface area contributed by atoms with E-state index in [1.165, 1.54) is 0 Å². The summed E-state index contributed by atoms with van der Waals surface area (Å²) in [6.07, 6.45) is 1.14. The quantitative estimate of drug-likeness (QED) is 0.780. The normalized spacial score (nSPS) is 18.7. The van der Waals surface area contributed by atoms with Gasteiger partial charge in [0.05, 0.1) is 12.5 Å². The first-order valence-electron chi connectivity index (χ1n) is 6.34. The summed E-state index contributed by atoms with van der Waals surface area (Å²) in [5.41, 5.74) is 0.772. The van der Waals surface area contributed by atoms with Gasteiger partial charge in [-0.15, -0.1) is 0 Å². The zero-order valence-corrected chi connectivity index (χ0v) is 11.5. The first-order chi connectivity index (χ1) is 9.11. The summed E-state index contributed by atoms with van der Waals surface area (Å²) < 4.78 is 5.48. The summed E-state index contributed by atoms with van der Waals surface area (Å²) in [6, 6.07) is 7.30. The Kier molecular flexibility index (Phi) is 4.43. The molecule has 5 heteroatoms. The molecular weight excluding hydrogens is 266 g/mol. The highest BCUT2D eigenvalue weighted by Gasteiger charge is 2.34. The van der Waals surface area contributed by atoms with E-state index < -0.39 is 11.2 Å². The Morgan fingerprint density at radius 2 is 2.11 bits per heavy atom. The number of rotatable bonds is 5. The van der Waals surface area contributed by atoms with Crippen LogP contribution in [0.2, 0.25) is 0 Å². The van der Waals surface area contributed by atoms with Crippen LogP contribution >= 0.6 is 11.6 Å². The Morgan fingerprint density at radius 1 is 1.42 bits per heavy atom. The van der Waals surface area contributed by atoms with Gasteiger partial charge in [-0.2, -0.15) is 0 Å². The van der Waals surface area contributed by atoms with Gasteiger partial charge in [0.15, 0.2) is 0 Å². The van der Waals surface area contributed by atoms with Gasteiger partial charge in [-0.25, -0.2) is 0 Å². The van der Waals surface area contributed by atoms with Gasteiger partial charge in [-0.3, -0.25) is 9.59 Å². The van der Waals surface area contributed by atoms with E-state index in [9.17, 15) is 9.59 Å². The molecule has 1 saturated heterocycles. The van der Waals surface area contributed by atoms with E-state index in [-0.39, 0.29) is 12.3 Å². The summed E-state index contributed by atoms with van der Waals surface area (Å²) in [4.78, 5) is 24.5. The minimum atomic E-state index is -0.446. The molecule has 1 heterocycles. The molecular formula is C14H16ClNO3. The number of hydrogen-bond donors (Lipinski definition) is 0. The minimum absolute atomic E-state index is 0.0683.